The van der Waals surface area contributed by atoms with E-state index < -0.39 is 0 Å². The molecule has 134 valence electrons. The summed E-state index contributed by atoms with van der Waals surface area (Å²) in [5.41, 5.74) is 0.949. The summed E-state index contributed by atoms with van der Waals surface area (Å²) in [5.74, 6) is 3.56. The minimum atomic E-state index is 0.00735. The van der Waals surface area contributed by atoms with E-state index in [1.54, 1.807) is 24.2 Å². The lowest BCUT2D eigenvalue weighted by Crippen LogP contribution is -2.44. The quantitative estimate of drug-likeness (QED) is 0.766. The van der Waals surface area contributed by atoms with Crippen molar-refractivity contribution in [3.8, 4) is 0 Å². The Morgan fingerprint density at radius 3 is 3.20 bits per heavy atom. The fourth-order valence-electron chi connectivity index (χ4n) is 2.92. The molecule has 0 radical (unpaired) electrons. The Morgan fingerprint density at radius 2 is 2.40 bits per heavy atom. The zero-order valence-electron chi connectivity index (χ0n) is 14.5. The van der Waals surface area contributed by atoms with E-state index in [0.717, 1.165) is 48.3 Å². The number of anilines is 1. The maximum absolute atomic E-state index is 12.4. The summed E-state index contributed by atoms with van der Waals surface area (Å²) in [6, 6.07) is 5.75. The molecule has 1 atom stereocenters. The summed E-state index contributed by atoms with van der Waals surface area (Å²) < 4.78 is 5.29. The minimum Gasteiger partial charge on any atom is -0.468 e. The molecular weight excluding hydrogens is 336 g/mol. The molecule has 2 aromatic rings. The van der Waals surface area contributed by atoms with E-state index in [-0.39, 0.29) is 11.8 Å². The lowest BCUT2D eigenvalue weighted by atomic mass is 9.97. The molecule has 0 aliphatic carbocycles. The van der Waals surface area contributed by atoms with Gasteiger partial charge in [0.2, 0.25) is 11.9 Å². The van der Waals surface area contributed by atoms with E-state index in [4.69, 9.17) is 4.42 Å². The number of rotatable bonds is 7. The molecule has 0 spiro atoms. The SMILES string of the molecule is Cc1ccnc(N2CCC[C@@H](C(=O)NCCSCc3ccco3)C2)n1. The van der Waals surface area contributed by atoms with Gasteiger partial charge >= 0.3 is 0 Å². The average molecular weight is 360 g/mol. The lowest BCUT2D eigenvalue weighted by molar-refractivity contribution is -0.125. The minimum absolute atomic E-state index is 0.00735. The number of hydrogen-bond acceptors (Lipinski definition) is 6. The number of amides is 1. The fourth-order valence-corrected chi connectivity index (χ4v) is 3.68. The number of nitrogens with one attached hydrogen (secondary N) is 1. The van der Waals surface area contributed by atoms with Crippen LogP contribution < -0.4 is 10.2 Å². The van der Waals surface area contributed by atoms with Gasteiger partial charge in [0.15, 0.2) is 0 Å². The van der Waals surface area contributed by atoms with Crippen molar-refractivity contribution in [1.29, 1.82) is 0 Å². The molecule has 2 aromatic heterocycles. The Morgan fingerprint density at radius 1 is 1.48 bits per heavy atom. The molecule has 1 aliphatic heterocycles. The van der Waals surface area contributed by atoms with Crippen molar-refractivity contribution in [2.75, 3.05) is 30.3 Å². The number of aryl methyl sites for hydroxylation is 1. The van der Waals surface area contributed by atoms with Crippen molar-refractivity contribution in [3.05, 3.63) is 42.1 Å². The van der Waals surface area contributed by atoms with Gasteiger partial charge in [-0.05, 0) is 38.0 Å². The topological polar surface area (TPSA) is 71.3 Å². The average Bonchev–Trinajstić information content (AvgIpc) is 3.15. The van der Waals surface area contributed by atoms with Crippen LogP contribution in [0.15, 0.2) is 35.1 Å². The standard InChI is InChI=1S/C18H24N4O2S/c1-14-6-7-20-18(21-14)22-9-2-4-15(12-22)17(23)19-8-11-25-13-16-5-3-10-24-16/h3,5-7,10,15H,2,4,8-9,11-13H2,1H3,(H,19,23)/t15-/m1/s1. The van der Waals surface area contributed by atoms with Crippen molar-refractivity contribution in [1.82, 2.24) is 15.3 Å². The molecule has 6 nitrogen and oxygen atoms in total. The molecule has 1 saturated heterocycles. The highest BCUT2D eigenvalue weighted by Crippen LogP contribution is 2.20. The van der Waals surface area contributed by atoms with Crippen LogP contribution in [0.5, 0.6) is 0 Å². The second-order valence-electron chi connectivity index (χ2n) is 6.21. The Balaban J connectivity index is 1.41. The van der Waals surface area contributed by atoms with Gasteiger partial charge in [0.1, 0.15) is 5.76 Å². The summed E-state index contributed by atoms with van der Waals surface area (Å²) in [6.45, 7) is 4.24. The number of hydrogen-bond donors (Lipinski definition) is 1. The van der Waals surface area contributed by atoms with Crippen molar-refractivity contribution in [3.63, 3.8) is 0 Å². The van der Waals surface area contributed by atoms with Gasteiger partial charge in [0.05, 0.1) is 17.9 Å². The zero-order valence-corrected chi connectivity index (χ0v) is 15.3. The summed E-state index contributed by atoms with van der Waals surface area (Å²) in [5, 5.41) is 3.06. The highest BCUT2D eigenvalue weighted by molar-refractivity contribution is 7.98. The molecular formula is C18H24N4O2S. The van der Waals surface area contributed by atoms with Gasteiger partial charge < -0.3 is 14.6 Å². The first-order valence-electron chi connectivity index (χ1n) is 8.65. The van der Waals surface area contributed by atoms with E-state index in [9.17, 15) is 4.79 Å². The Bertz CT molecular complexity index is 677. The number of piperidine rings is 1. The van der Waals surface area contributed by atoms with E-state index in [1.165, 1.54) is 0 Å². The van der Waals surface area contributed by atoms with Crippen molar-refractivity contribution in [2.24, 2.45) is 5.92 Å². The van der Waals surface area contributed by atoms with E-state index in [0.29, 0.717) is 13.1 Å². The summed E-state index contributed by atoms with van der Waals surface area (Å²) in [6.07, 6.45) is 5.37. The molecule has 1 fully saturated rings. The summed E-state index contributed by atoms with van der Waals surface area (Å²) in [4.78, 5) is 23.4. The van der Waals surface area contributed by atoms with E-state index >= 15 is 0 Å². The van der Waals surface area contributed by atoms with Gasteiger partial charge in [0, 0.05) is 37.3 Å². The summed E-state index contributed by atoms with van der Waals surface area (Å²) in [7, 11) is 0. The lowest BCUT2D eigenvalue weighted by Gasteiger charge is -2.32. The molecule has 7 heteroatoms. The van der Waals surface area contributed by atoms with Crippen LogP contribution in [0.2, 0.25) is 0 Å². The van der Waals surface area contributed by atoms with Crippen molar-refractivity contribution in [2.45, 2.75) is 25.5 Å². The normalized spacial score (nSPS) is 17.5. The molecule has 0 saturated carbocycles. The number of carbonyl (C=O) groups excluding carboxylic acids is 1. The van der Waals surface area contributed by atoms with Crippen LogP contribution in [-0.4, -0.2) is 41.3 Å². The molecule has 1 N–H and O–H groups in total. The monoisotopic (exact) mass is 360 g/mol. The predicted octanol–water partition coefficient (Wildman–Crippen LogP) is 2.64. The third kappa shape index (κ3) is 5.22. The molecule has 1 aliphatic rings. The first-order chi connectivity index (χ1) is 12.2. The van der Waals surface area contributed by atoms with Gasteiger partial charge in [-0.1, -0.05) is 0 Å². The van der Waals surface area contributed by atoms with Gasteiger partial charge in [-0.25, -0.2) is 9.97 Å². The van der Waals surface area contributed by atoms with Crippen molar-refractivity contribution < 1.29 is 9.21 Å². The molecule has 0 aromatic carbocycles. The molecule has 3 rings (SSSR count). The molecule has 3 heterocycles. The first-order valence-corrected chi connectivity index (χ1v) is 9.80. The van der Waals surface area contributed by atoms with Crippen LogP contribution >= 0.6 is 11.8 Å². The van der Waals surface area contributed by atoms with Gasteiger partial charge in [-0.3, -0.25) is 4.79 Å². The Labute approximate surface area is 152 Å². The highest BCUT2D eigenvalue weighted by atomic mass is 32.2. The second kappa shape index (κ2) is 8.89. The molecule has 25 heavy (non-hydrogen) atoms. The number of nitrogens with zero attached hydrogens (tertiary/aromatic N) is 3. The smallest absolute Gasteiger partial charge is 0.225 e. The van der Waals surface area contributed by atoms with Crippen LogP contribution in [0.1, 0.15) is 24.3 Å². The Hall–Kier alpha value is -2.02. The Kier molecular flexibility index (Phi) is 6.33. The number of aromatic nitrogens is 2. The van der Waals surface area contributed by atoms with Crippen LogP contribution in [0.4, 0.5) is 5.95 Å². The number of furan rings is 1. The summed E-state index contributed by atoms with van der Waals surface area (Å²) >= 11 is 1.76. The highest BCUT2D eigenvalue weighted by Gasteiger charge is 2.26. The predicted molar refractivity (Wildman–Crippen MR) is 99.6 cm³/mol. The van der Waals surface area contributed by atoms with Crippen LogP contribution in [0.3, 0.4) is 0 Å². The third-order valence-electron chi connectivity index (χ3n) is 4.23. The zero-order chi connectivity index (χ0) is 17.5. The molecule has 1 amide bonds. The largest absolute Gasteiger partial charge is 0.468 e. The van der Waals surface area contributed by atoms with Crippen LogP contribution in [-0.2, 0) is 10.5 Å². The van der Waals surface area contributed by atoms with Gasteiger partial charge in [-0.2, -0.15) is 11.8 Å². The molecule has 0 bridgehead atoms. The van der Waals surface area contributed by atoms with Crippen molar-refractivity contribution >= 4 is 23.6 Å². The molecule has 0 unspecified atom stereocenters. The second-order valence-corrected chi connectivity index (χ2v) is 7.31. The number of carbonyl (C=O) groups is 1. The fraction of sp³-hybridized carbons (Fsp3) is 0.500. The first kappa shape index (κ1) is 17.8. The van der Waals surface area contributed by atoms with E-state index in [2.05, 4.69) is 20.2 Å². The van der Waals surface area contributed by atoms with Crippen LogP contribution in [0.25, 0.3) is 0 Å². The van der Waals surface area contributed by atoms with Gasteiger partial charge in [0.25, 0.3) is 0 Å². The maximum atomic E-state index is 12.4. The van der Waals surface area contributed by atoms with E-state index in [1.807, 2.05) is 25.1 Å². The third-order valence-corrected chi connectivity index (χ3v) is 5.21. The van der Waals surface area contributed by atoms with Crippen LogP contribution in [0, 0.1) is 12.8 Å². The van der Waals surface area contributed by atoms with Gasteiger partial charge in [-0.15, -0.1) is 0 Å². The maximum Gasteiger partial charge on any atom is 0.225 e. The number of thioether (sulfide) groups is 1.